The van der Waals surface area contributed by atoms with Crippen molar-refractivity contribution in [2.24, 2.45) is 0 Å². The number of aromatic nitrogens is 1. The lowest BCUT2D eigenvalue weighted by molar-refractivity contribution is 1.19. The number of hydrogen-bond acceptors (Lipinski definition) is 2. The van der Waals surface area contributed by atoms with Crippen molar-refractivity contribution in [1.29, 1.82) is 0 Å². The molecular weight excluding hydrogens is 583 g/mol. The number of rotatable bonds is 3. The molecule has 0 unspecified atom stereocenters. The van der Waals surface area contributed by atoms with E-state index in [0.29, 0.717) is 0 Å². The van der Waals surface area contributed by atoms with E-state index >= 15 is 0 Å². The van der Waals surface area contributed by atoms with Crippen LogP contribution < -0.4 is 0 Å². The molecule has 0 aliphatic carbocycles. The molecule has 7 aromatic carbocycles. The van der Waals surface area contributed by atoms with Gasteiger partial charge in [-0.1, -0.05) is 115 Å². The lowest BCUT2D eigenvalue weighted by atomic mass is 9.91. The molecule has 3 heterocycles. The maximum Gasteiger partial charge on any atom is 0.0727 e. The summed E-state index contributed by atoms with van der Waals surface area (Å²) in [5.74, 6) is 0. The van der Waals surface area contributed by atoms with Crippen LogP contribution in [0.15, 0.2) is 152 Å². The second kappa shape index (κ2) is 9.64. The molecule has 10 rings (SSSR count). The molecular formula is C42H25NS2. The quantitative estimate of drug-likeness (QED) is 0.188. The molecule has 0 fully saturated rings. The summed E-state index contributed by atoms with van der Waals surface area (Å²) in [6, 6.07) is 55.7. The number of fused-ring (bicyclic) bond motifs is 10. The molecule has 0 spiro atoms. The molecule has 0 atom stereocenters. The number of nitrogens with zero attached hydrogens (tertiary/aromatic N) is 1. The Morgan fingerprint density at radius 1 is 0.422 bits per heavy atom. The topological polar surface area (TPSA) is 4.93 Å². The van der Waals surface area contributed by atoms with Crippen molar-refractivity contribution in [1.82, 2.24) is 4.57 Å². The number of thiophene rings is 2. The van der Waals surface area contributed by atoms with Gasteiger partial charge < -0.3 is 4.57 Å². The Hall–Kier alpha value is -5.22. The molecule has 0 amide bonds. The molecule has 3 heteroatoms. The van der Waals surface area contributed by atoms with Crippen LogP contribution in [0.5, 0.6) is 0 Å². The zero-order valence-electron chi connectivity index (χ0n) is 24.2. The van der Waals surface area contributed by atoms with Crippen molar-refractivity contribution in [2.45, 2.75) is 0 Å². The zero-order chi connectivity index (χ0) is 29.5. The highest BCUT2D eigenvalue weighted by atomic mass is 32.1. The van der Waals surface area contributed by atoms with Gasteiger partial charge in [-0.15, -0.1) is 22.7 Å². The van der Waals surface area contributed by atoms with Crippen LogP contribution in [-0.4, -0.2) is 4.57 Å². The van der Waals surface area contributed by atoms with Gasteiger partial charge in [-0.3, -0.25) is 0 Å². The molecule has 0 saturated carbocycles. The number of benzene rings is 7. The Balaban J connectivity index is 1.24. The highest BCUT2D eigenvalue weighted by molar-refractivity contribution is 7.27. The first-order chi connectivity index (χ1) is 22.3. The molecule has 0 bridgehead atoms. The number of hydrogen-bond donors (Lipinski definition) is 0. The average molecular weight is 608 g/mol. The molecule has 1 nitrogen and oxygen atoms in total. The molecule has 45 heavy (non-hydrogen) atoms. The third kappa shape index (κ3) is 3.66. The van der Waals surface area contributed by atoms with Crippen LogP contribution in [0.25, 0.3) is 90.1 Å². The largest absolute Gasteiger partial charge is 0.308 e. The average Bonchev–Trinajstić information content (AvgIpc) is 3.77. The molecule has 0 aliphatic heterocycles. The van der Waals surface area contributed by atoms with E-state index in [4.69, 9.17) is 0 Å². The van der Waals surface area contributed by atoms with E-state index in [1.807, 2.05) is 22.7 Å². The van der Waals surface area contributed by atoms with Gasteiger partial charge in [0, 0.05) is 41.3 Å². The lowest BCUT2D eigenvalue weighted by Gasteiger charge is -2.13. The van der Waals surface area contributed by atoms with Gasteiger partial charge in [-0.05, 0) is 69.4 Å². The lowest BCUT2D eigenvalue weighted by Crippen LogP contribution is -1.93. The Kier molecular flexibility index (Phi) is 5.39. The van der Waals surface area contributed by atoms with Crippen molar-refractivity contribution < 1.29 is 0 Å². The van der Waals surface area contributed by atoms with Crippen molar-refractivity contribution in [2.75, 3.05) is 0 Å². The van der Waals surface area contributed by atoms with Crippen LogP contribution in [0.2, 0.25) is 0 Å². The van der Waals surface area contributed by atoms with Crippen LogP contribution in [0, 0.1) is 0 Å². The fourth-order valence-corrected chi connectivity index (χ4v) is 9.70. The first-order valence-corrected chi connectivity index (χ1v) is 16.9. The second-order valence-corrected chi connectivity index (χ2v) is 13.8. The van der Waals surface area contributed by atoms with E-state index in [9.17, 15) is 0 Å². The van der Waals surface area contributed by atoms with Crippen LogP contribution >= 0.6 is 22.7 Å². The SMILES string of the molecule is c1ccc(-n2c3ccccc3c3sc4ccc(-c5ccccc5-c5cccc6sc7c8ccccc8ccc7c56)cc4c32)cc1. The smallest absolute Gasteiger partial charge is 0.0727 e. The van der Waals surface area contributed by atoms with Gasteiger partial charge in [0.2, 0.25) is 0 Å². The summed E-state index contributed by atoms with van der Waals surface area (Å²) in [6.07, 6.45) is 0. The van der Waals surface area contributed by atoms with Crippen LogP contribution in [0.1, 0.15) is 0 Å². The third-order valence-electron chi connectivity index (χ3n) is 9.20. The molecule has 0 N–H and O–H groups in total. The summed E-state index contributed by atoms with van der Waals surface area (Å²) in [4.78, 5) is 0. The molecule has 210 valence electrons. The standard InChI is InChI=1S/C42H25NS2/c1-2-12-28(13-3-1)43-36-19-9-8-17-33(36)42-40(43)35-25-27(22-24-37(35)44-42)29-14-6-7-16-31(29)32-18-10-20-38-39(32)34-23-21-26-11-4-5-15-30(26)41(34)45-38/h1-25H. The minimum absolute atomic E-state index is 1.19. The van der Waals surface area contributed by atoms with Crippen molar-refractivity contribution in [3.8, 4) is 27.9 Å². The maximum absolute atomic E-state index is 2.45. The summed E-state index contributed by atoms with van der Waals surface area (Å²) >= 11 is 3.80. The van der Waals surface area contributed by atoms with Crippen molar-refractivity contribution >= 4 is 84.8 Å². The van der Waals surface area contributed by atoms with Crippen molar-refractivity contribution in [3.05, 3.63) is 152 Å². The summed E-state index contributed by atoms with van der Waals surface area (Å²) in [5, 5.41) is 7.91. The maximum atomic E-state index is 2.45. The van der Waals surface area contributed by atoms with Gasteiger partial charge in [0.05, 0.1) is 15.7 Å². The minimum Gasteiger partial charge on any atom is -0.308 e. The highest BCUT2D eigenvalue weighted by Crippen LogP contribution is 2.47. The Labute approximate surface area is 267 Å². The Morgan fingerprint density at radius 2 is 1.16 bits per heavy atom. The van der Waals surface area contributed by atoms with Gasteiger partial charge in [0.25, 0.3) is 0 Å². The van der Waals surface area contributed by atoms with Gasteiger partial charge in [0.1, 0.15) is 0 Å². The third-order valence-corrected chi connectivity index (χ3v) is 11.6. The summed E-state index contributed by atoms with van der Waals surface area (Å²) in [6.45, 7) is 0. The van der Waals surface area contributed by atoms with E-state index in [1.165, 1.54) is 90.1 Å². The molecule has 0 aliphatic rings. The first-order valence-electron chi connectivity index (χ1n) is 15.3. The van der Waals surface area contributed by atoms with Gasteiger partial charge in [0.15, 0.2) is 0 Å². The fraction of sp³-hybridized carbons (Fsp3) is 0. The second-order valence-electron chi connectivity index (χ2n) is 11.7. The zero-order valence-corrected chi connectivity index (χ0v) is 25.8. The van der Waals surface area contributed by atoms with Crippen LogP contribution in [0.4, 0.5) is 0 Å². The normalized spacial score (nSPS) is 12.0. The van der Waals surface area contributed by atoms with E-state index in [1.54, 1.807) is 0 Å². The van der Waals surface area contributed by atoms with Gasteiger partial charge in [-0.25, -0.2) is 0 Å². The summed E-state index contributed by atoms with van der Waals surface area (Å²) in [5.41, 5.74) is 8.79. The highest BCUT2D eigenvalue weighted by Gasteiger charge is 2.20. The monoisotopic (exact) mass is 607 g/mol. The summed E-state index contributed by atoms with van der Waals surface area (Å²) < 4.78 is 7.80. The van der Waals surface area contributed by atoms with Crippen LogP contribution in [0.3, 0.4) is 0 Å². The Bertz CT molecular complexity index is 2760. The van der Waals surface area contributed by atoms with Crippen molar-refractivity contribution in [3.63, 3.8) is 0 Å². The minimum atomic E-state index is 1.19. The first kappa shape index (κ1) is 25.1. The molecule has 0 radical (unpaired) electrons. The van der Waals surface area contributed by atoms with E-state index in [2.05, 4.69) is 156 Å². The number of para-hydroxylation sites is 2. The van der Waals surface area contributed by atoms with Gasteiger partial charge >= 0.3 is 0 Å². The molecule has 0 saturated heterocycles. The van der Waals surface area contributed by atoms with Gasteiger partial charge in [-0.2, -0.15) is 0 Å². The predicted octanol–water partition coefficient (Wildman–Crippen LogP) is 12.9. The molecule has 3 aromatic heterocycles. The molecule has 10 aromatic rings. The van der Waals surface area contributed by atoms with E-state index in [-0.39, 0.29) is 0 Å². The Morgan fingerprint density at radius 3 is 2.07 bits per heavy atom. The predicted molar refractivity (Wildman–Crippen MR) is 197 cm³/mol. The van der Waals surface area contributed by atoms with E-state index < -0.39 is 0 Å². The van der Waals surface area contributed by atoms with Crippen LogP contribution in [-0.2, 0) is 0 Å². The summed E-state index contributed by atoms with van der Waals surface area (Å²) in [7, 11) is 0. The fourth-order valence-electron chi connectivity index (χ4n) is 7.23. The van der Waals surface area contributed by atoms with E-state index in [0.717, 1.165) is 0 Å².